The topological polar surface area (TPSA) is 45.4 Å². The maximum absolute atomic E-state index is 11.1. The Balaban J connectivity index is 2.74. The standard InChI is InChI=1S/C11H11NO3/c1-14-9-5-8-7-12(13)4-3-10(8)11(6-9)15-2/h3-7H,1-2H3. The molecule has 1 aromatic carbocycles. The number of rotatable bonds is 2. The molecule has 1 aromatic heterocycles. The molecule has 0 fully saturated rings. The van der Waals surface area contributed by atoms with Gasteiger partial charge >= 0.3 is 0 Å². The molecule has 0 radical (unpaired) electrons. The van der Waals surface area contributed by atoms with Gasteiger partial charge in [-0.15, -0.1) is 0 Å². The molecule has 0 aliphatic carbocycles. The Kier molecular flexibility index (Phi) is 2.33. The summed E-state index contributed by atoms with van der Waals surface area (Å²) in [6, 6.07) is 5.31. The fourth-order valence-corrected chi connectivity index (χ4v) is 1.52. The minimum atomic E-state index is 0.672. The Morgan fingerprint density at radius 2 is 2.00 bits per heavy atom. The van der Waals surface area contributed by atoms with Crippen molar-refractivity contribution in [1.29, 1.82) is 0 Å². The fraction of sp³-hybridized carbons (Fsp3) is 0.182. The Morgan fingerprint density at radius 3 is 2.67 bits per heavy atom. The van der Waals surface area contributed by atoms with Crippen LogP contribution in [0.2, 0.25) is 0 Å². The summed E-state index contributed by atoms with van der Waals surface area (Å²) < 4.78 is 11.1. The highest BCUT2D eigenvalue weighted by Gasteiger charge is 2.07. The van der Waals surface area contributed by atoms with E-state index in [1.165, 1.54) is 12.4 Å². The first-order chi connectivity index (χ1) is 7.24. The monoisotopic (exact) mass is 205 g/mol. The summed E-state index contributed by atoms with van der Waals surface area (Å²) in [6.45, 7) is 0. The maximum atomic E-state index is 11.1. The van der Waals surface area contributed by atoms with Gasteiger partial charge in [0.2, 0.25) is 0 Å². The summed E-state index contributed by atoms with van der Waals surface area (Å²) in [7, 11) is 3.17. The van der Waals surface area contributed by atoms with E-state index in [1.54, 1.807) is 32.4 Å². The van der Waals surface area contributed by atoms with Crippen molar-refractivity contribution in [3.63, 3.8) is 0 Å². The summed E-state index contributed by atoms with van der Waals surface area (Å²) in [5, 5.41) is 12.8. The van der Waals surface area contributed by atoms with E-state index < -0.39 is 0 Å². The van der Waals surface area contributed by atoms with E-state index in [9.17, 15) is 5.21 Å². The molecule has 0 bridgehead atoms. The van der Waals surface area contributed by atoms with Crippen molar-refractivity contribution in [3.8, 4) is 11.5 Å². The van der Waals surface area contributed by atoms with Crippen molar-refractivity contribution >= 4 is 10.8 Å². The van der Waals surface area contributed by atoms with E-state index >= 15 is 0 Å². The van der Waals surface area contributed by atoms with E-state index in [1.807, 2.05) is 0 Å². The third-order valence-electron chi connectivity index (χ3n) is 2.26. The molecule has 0 aliphatic rings. The predicted molar refractivity (Wildman–Crippen MR) is 56.0 cm³/mol. The van der Waals surface area contributed by atoms with E-state index in [4.69, 9.17) is 9.47 Å². The highest BCUT2D eigenvalue weighted by atomic mass is 16.5. The lowest BCUT2D eigenvalue weighted by Crippen LogP contribution is -2.23. The lowest BCUT2D eigenvalue weighted by Gasteiger charge is -2.07. The Hall–Kier alpha value is -1.97. The van der Waals surface area contributed by atoms with E-state index in [0.717, 1.165) is 15.5 Å². The second-order valence-electron chi connectivity index (χ2n) is 3.14. The molecule has 1 heterocycles. The van der Waals surface area contributed by atoms with Crippen LogP contribution >= 0.6 is 0 Å². The van der Waals surface area contributed by atoms with Gasteiger partial charge in [-0.2, -0.15) is 4.73 Å². The fourth-order valence-electron chi connectivity index (χ4n) is 1.52. The van der Waals surface area contributed by atoms with Crippen LogP contribution in [0.4, 0.5) is 0 Å². The molecule has 0 amide bonds. The van der Waals surface area contributed by atoms with Crippen molar-refractivity contribution in [1.82, 2.24) is 0 Å². The van der Waals surface area contributed by atoms with Gasteiger partial charge in [-0.25, -0.2) is 0 Å². The molecule has 0 unspecified atom stereocenters. The summed E-state index contributed by atoms with van der Waals surface area (Å²) >= 11 is 0. The van der Waals surface area contributed by atoms with Gasteiger partial charge in [-0.05, 0) is 6.07 Å². The SMILES string of the molecule is COc1cc(OC)c2cc[n+]([O-])cc2c1. The van der Waals surface area contributed by atoms with Gasteiger partial charge in [0.25, 0.3) is 0 Å². The van der Waals surface area contributed by atoms with Crippen LogP contribution < -0.4 is 14.2 Å². The number of methoxy groups -OCH3 is 2. The zero-order valence-electron chi connectivity index (χ0n) is 8.56. The molecule has 15 heavy (non-hydrogen) atoms. The summed E-state index contributed by atoms with van der Waals surface area (Å²) in [6.07, 6.45) is 2.93. The molecule has 0 spiro atoms. The average Bonchev–Trinajstić information content (AvgIpc) is 2.26. The minimum absolute atomic E-state index is 0.672. The number of fused-ring (bicyclic) bond motifs is 1. The number of nitrogens with zero attached hydrogens (tertiary/aromatic N) is 1. The van der Waals surface area contributed by atoms with Crippen molar-refractivity contribution in [3.05, 3.63) is 35.8 Å². The van der Waals surface area contributed by atoms with Crippen LogP contribution in [0, 0.1) is 5.21 Å². The first-order valence-corrected chi connectivity index (χ1v) is 4.49. The molecule has 0 atom stereocenters. The van der Waals surface area contributed by atoms with Gasteiger partial charge < -0.3 is 14.7 Å². The molecule has 0 saturated carbocycles. The van der Waals surface area contributed by atoms with Crippen molar-refractivity contribution in [2.24, 2.45) is 0 Å². The Morgan fingerprint density at radius 1 is 1.20 bits per heavy atom. The number of benzene rings is 1. The molecule has 4 heteroatoms. The smallest absolute Gasteiger partial charge is 0.188 e. The lowest BCUT2D eigenvalue weighted by molar-refractivity contribution is -0.603. The zero-order valence-corrected chi connectivity index (χ0v) is 8.56. The quantitative estimate of drug-likeness (QED) is 0.551. The highest BCUT2D eigenvalue weighted by Crippen LogP contribution is 2.29. The van der Waals surface area contributed by atoms with Gasteiger partial charge in [0.1, 0.15) is 11.5 Å². The van der Waals surface area contributed by atoms with Crippen LogP contribution in [-0.4, -0.2) is 14.2 Å². The summed E-state index contributed by atoms with van der Waals surface area (Å²) in [5.74, 6) is 1.37. The van der Waals surface area contributed by atoms with Crippen LogP contribution in [0.15, 0.2) is 30.6 Å². The number of hydrogen-bond donors (Lipinski definition) is 0. The largest absolute Gasteiger partial charge is 0.619 e. The van der Waals surface area contributed by atoms with Gasteiger partial charge in [0.05, 0.1) is 19.6 Å². The van der Waals surface area contributed by atoms with Gasteiger partial charge in [-0.1, -0.05) is 0 Å². The Bertz CT molecular complexity index is 496. The second-order valence-corrected chi connectivity index (χ2v) is 3.14. The molecule has 2 aromatic rings. The molecule has 0 aliphatic heterocycles. The van der Waals surface area contributed by atoms with Gasteiger partial charge in [0.15, 0.2) is 12.4 Å². The Labute approximate surface area is 87.2 Å². The first kappa shape index (κ1) is 9.58. The van der Waals surface area contributed by atoms with Crippen LogP contribution in [0.3, 0.4) is 0 Å². The molecular weight excluding hydrogens is 194 g/mol. The van der Waals surface area contributed by atoms with Crippen molar-refractivity contribution in [2.75, 3.05) is 14.2 Å². The second kappa shape index (κ2) is 3.65. The summed E-state index contributed by atoms with van der Waals surface area (Å²) in [4.78, 5) is 0. The van der Waals surface area contributed by atoms with Crippen LogP contribution in [-0.2, 0) is 0 Å². The third kappa shape index (κ3) is 1.66. The normalized spacial score (nSPS) is 10.3. The molecule has 0 N–H and O–H groups in total. The molecule has 78 valence electrons. The van der Waals surface area contributed by atoms with Crippen LogP contribution in [0.5, 0.6) is 11.5 Å². The van der Waals surface area contributed by atoms with Crippen LogP contribution in [0.25, 0.3) is 10.8 Å². The number of aromatic nitrogens is 1. The predicted octanol–water partition coefficient (Wildman–Crippen LogP) is 1.49. The van der Waals surface area contributed by atoms with Gasteiger partial charge in [0, 0.05) is 17.5 Å². The molecule has 4 nitrogen and oxygen atoms in total. The molecular formula is C11H11NO3. The summed E-state index contributed by atoms with van der Waals surface area (Å²) in [5.41, 5.74) is 0. The first-order valence-electron chi connectivity index (χ1n) is 4.49. The number of ether oxygens (including phenoxy) is 2. The zero-order chi connectivity index (χ0) is 10.8. The number of pyridine rings is 1. The highest BCUT2D eigenvalue weighted by molar-refractivity contribution is 5.88. The van der Waals surface area contributed by atoms with Crippen molar-refractivity contribution in [2.45, 2.75) is 0 Å². The maximum Gasteiger partial charge on any atom is 0.188 e. The van der Waals surface area contributed by atoms with Crippen molar-refractivity contribution < 1.29 is 14.2 Å². The van der Waals surface area contributed by atoms with E-state index in [-0.39, 0.29) is 0 Å². The van der Waals surface area contributed by atoms with E-state index in [0.29, 0.717) is 11.5 Å². The van der Waals surface area contributed by atoms with E-state index in [2.05, 4.69) is 0 Å². The van der Waals surface area contributed by atoms with Crippen LogP contribution in [0.1, 0.15) is 0 Å². The average molecular weight is 205 g/mol. The number of hydrogen-bond acceptors (Lipinski definition) is 3. The molecule has 0 saturated heterocycles. The lowest BCUT2D eigenvalue weighted by atomic mass is 10.1. The van der Waals surface area contributed by atoms with Gasteiger partial charge in [-0.3, -0.25) is 0 Å². The third-order valence-corrected chi connectivity index (χ3v) is 2.26. The minimum Gasteiger partial charge on any atom is -0.619 e. The molecule has 2 rings (SSSR count).